The van der Waals surface area contributed by atoms with Crippen LogP contribution in [0.25, 0.3) is 11.0 Å². The summed E-state index contributed by atoms with van der Waals surface area (Å²) in [5, 5.41) is 0.872. The van der Waals surface area contributed by atoms with Gasteiger partial charge >= 0.3 is 0 Å². The molecule has 1 heterocycles. The second-order valence-electron chi connectivity index (χ2n) is 4.95. The highest BCUT2D eigenvalue weighted by molar-refractivity contribution is 5.82. The maximum Gasteiger partial charge on any atom is 0.137 e. The molecule has 0 aliphatic carbocycles. The van der Waals surface area contributed by atoms with Crippen molar-refractivity contribution < 1.29 is 13.5 Å². The molecular formula is C17H16FNO2. The molecule has 2 aromatic carbocycles. The van der Waals surface area contributed by atoms with Crippen LogP contribution in [0.2, 0.25) is 0 Å². The third-order valence-corrected chi connectivity index (χ3v) is 3.69. The Morgan fingerprint density at radius 3 is 2.71 bits per heavy atom. The van der Waals surface area contributed by atoms with Crippen LogP contribution in [0.4, 0.5) is 4.39 Å². The van der Waals surface area contributed by atoms with E-state index >= 15 is 0 Å². The minimum atomic E-state index is -0.461. The van der Waals surface area contributed by atoms with Gasteiger partial charge in [-0.25, -0.2) is 4.39 Å². The summed E-state index contributed by atoms with van der Waals surface area (Å²) in [4.78, 5) is 0. The highest BCUT2D eigenvalue weighted by atomic mass is 19.1. The fourth-order valence-electron chi connectivity index (χ4n) is 2.58. The first-order chi connectivity index (χ1) is 10.1. The van der Waals surface area contributed by atoms with E-state index in [1.165, 1.54) is 12.1 Å². The zero-order valence-electron chi connectivity index (χ0n) is 11.9. The van der Waals surface area contributed by atoms with Gasteiger partial charge in [0.1, 0.15) is 22.9 Å². The molecule has 0 aliphatic heterocycles. The fourth-order valence-corrected chi connectivity index (χ4v) is 2.58. The van der Waals surface area contributed by atoms with Gasteiger partial charge in [-0.05, 0) is 25.1 Å². The number of benzene rings is 2. The molecule has 3 aromatic rings. The van der Waals surface area contributed by atoms with Crippen LogP contribution in [-0.4, -0.2) is 7.11 Å². The van der Waals surface area contributed by atoms with E-state index in [0.717, 1.165) is 16.5 Å². The number of hydrogen-bond donors (Lipinski definition) is 1. The third kappa shape index (κ3) is 2.28. The Kier molecular flexibility index (Phi) is 3.39. The van der Waals surface area contributed by atoms with E-state index < -0.39 is 6.04 Å². The van der Waals surface area contributed by atoms with E-state index in [0.29, 0.717) is 17.1 Å². The van der Waals surface area contributed by atoms with E-state index in [2.05, 4.69) is 0 Å². The van der Waals surface area contributed by atoms with Crippen molar-refractivity contribution >= 4 is 11.0 Å². The molecule has 0 fully saturated rings. The number of furan rings is 1. The predicted octanol–water partition coefficient (Wildman–Crippen LogP) is 3.94. The van der Waals surface area contributed by atoms with E-state index in [1.54, 1.807) is 13.2 Å². The molecule has 108 valence electrons. The lowest BCUT2D eigenvalue weighted by atomic mass is 10.0. The number of halogens is 1. The lowest BCUT2D eigenvalue weighted by molar-refractivity contribution is 0.404. The Morgan fingerprint density at radius 2 is 1.95 bits per heavy atom. The molecular weight excluding hydrogens is 269 g/mol. The van der Waals surface area contributed by atoms with Crippen LogP contribution in [0.15, 0.2) is 46.9 Å². The molecule has 1 atom stereocenters. The van der Waals surface area contributed by atoms with Gasteiger partial charge in [0, 0.05) is 22.6 Å². The van der Waals surface area contributed by atoms with Crippen molar-refractivity contribution in [3.63, 3.8) is 0 Å². The summed E-state index contributed by atoms with van der Waals surface area (Å²) in [6.07, 6.45) is 0. The normalized spacial score (nSPS) is 12.6. The van der Waals surface area contributed by atoms with Gasteiger partial charge in [-0.15, -0.1) is 0 Å². The van der Waals surface area contributed by atoms with Crippen LogP contribution >= 0.6 is 0 Å². The van der Waals surface area contributed by atoms with Crippen molar-refractivity contribution in [3.8, 4) is 5.75 Å². The van der Waals surface area contributed by atoms with Crippen LogP contribution in [0.3, 0.4) is 0 Å². The summed E-state index contributed by atoms with van der Waals surface area (Å²) >= 11 is 0. The number of methoxy groups -OCH3 is 1. The molecule has 3 nitrogen and oxygen atoms in total. The van der Waals surface area contributed by atoms with Crippen LogP contribution in [0, 0.1) is 12.7 Å². The van der Waals surface area contributed by atoms with Gasteiger partial charge in [0.05, 0.1) is 13.2 Å². The molecule has 0 saturated carbocycles. The Bertz CT molecular complexity index is 795. The van der Waals surface area contributed by atoms with Crippen molar-refractivity contribution in [1.29, 1.82) is 0 Å². The summed E-state index contributed by atoms with van der Waals surface area (Å²) in [5.41, 5.74) is 8.59. The SMILES string of the molecule is COc1ccccc1C(N)c1oc2cc(F)ccc2c1C. The number of nitrogens with two attached hydrogens (primary N) is 1. The molecule has 0 radical (unpaired) electrons. The fraction of sp³-hybridized carbons (Fsp3) is 0.176. The predicted molar refractivity (Wildman–Crippen MR) is 79.9 cm³/mol. The molecule has 1 unspecified atom stereocenters. The molecule has 21 heavy (non-hydrogen) atoms. The molecule has 2 N–H and O–H groups in total. The molecule has 0 amide bonds. The topological polar surface area (TPSA) is 48.4 Å². The Morgan fingerprint density at radius 1 is 1.19 bits per heavy atom. The van der Waals surface area contributed by atoms with Gasteiger partial charge in [-0.1, -0.05) is 18.2 Å². The Balaban J connectivity index is 2.13. The summed E-state index contributed by atoms with van der Waals surface area (Å²) in [6, 6.07) is 11.6. The zero-order chi connectivity index (χ0) is 15.0. The van der Waals surface area contributed by atoms with E-state index in [4.69, 9.17) is 14.9 Å². The van der Waals surface area contributed by atoms with Gasteiger partial charge in [0.25, 0.3) is 0 Å². The third-order valence-electron chi connectivity index (χ3n) is 3.69. The quantitative estimate of drug-likeness (QED) is 0.793. The van der Waals surface area contributed by atoms with E-state index in [1.807, 2.05) is 31.2 Å². The average Bonchev–Trinajstić information content (AvgIpc) is 2.82. The molecule has 3 rings (SSSR count). The lowest BCUT2D eigenvalue weighted by Gasteiger charge is -2.14. The van der Waals surface area contributed by atoms with Crippen LogP contribution in [0.5, 0.6) is 5.75 Å². The Hall–Kier alpha value is -2.33. The number of aryl methyl sites for hydroxylation is 1. The molecule has 0 spiro atoms. The second kappa shape index (κ2) is 5.22. The number of hydrogen-bond acceptors (Lipinski definition) is 3. The first-order valence-electron chi connectivity index (χ1n) is 6.69. The van der Waals surface area contributed by atoms with Crippen LogP contribution < -0.4 is 10.5 Å². The van der Waals surface area contributed by atoms with Crippen molar-refractivity contribution in [2.24, 2.45) is 5.73 Å². The minimum Gasteiger partial charge on any atom is -0.496 e. The van der Waals surface area contributed by atoms with Crippen molar-refractivity contribution in [1.82, 2.24) is 0 Å². The van der Waals surface area contributed by atoms with Gasteiger partial charge < -0.3 is 14.9 Å². The lowest BCUT2D eigenvalue weighted by Crippen LogP contribution is -2.13. The maximum absolute atomic E-state index is 13.3. The molecule has 0 bridgehead atoms. The van der Waals surface area contributed by atoms with Crippen molar-refractivity contribution in [2.45, 2.75) is 13.0 Å². The highest BCUT2D eigenvalue weighted by Gasteiger charge is 2.21. The Labute approximate surface area is 122 Å². The van der Waals surface area contributed by atoms with Gasteiger partial charge in [-0.2, -0.15) is 0 Å². The molecule has 4 heteroatoms. The molecule has 0 saturated heterocycles. The number of para-hydroxylation sites is 1. The number of ether oxygens (including phenoxy) is 1. The monoisotopic (exact) mass is 285 g/mol. The average molecular weight is 285 g/mol. The maximum atomic E-state index is 13.3. The van der Waals surface area contributed by atoms with Crippen molar-refractivity contribution in [3.05, 3.63) is 65.2 Å². The number of fused-ring (bicyclic) bond motifs is 1. The summed E-state index contributed by atoms with van der Waals surface area (Å²) in [7, 11) is 1.60. The number of rotatable bonds is 3. The first kappa shape index (κ1) is 13.6. The largest absolute Gasteiger partial charge is 0.496 e. The highest BCUT2D eigenvalue weighted by Crippen LogP contribution is 2.34. The standard InChI is InChI=1S/C17H16FNO2/c1-10-12-8-7-11(18)9-15(12)21-17(10)16(19)13-5-3-4-6-14(13)20-2/h3-9,16H,19H2,1-2H3. The minimum absolute atomic E-state index is 0.325. The summed E-state index contributed by atoms with van der Waals surface area (Å²) in [5.74, 6) is 1.00. The van der Waals surface area contributed by atoms with Crippen LogP contribution in [-0.2, 0) is 0 Å². The molecule has 1 aromatic heterocycles. The summed E-state index contributed by atoms with van der Waals surface area (Å²) < 4.78 is 24.4. The van der Waals surface area contributed by atoms with Crippen molar-refractivity contribution in [2.75, 3.05) is 7.11 Å². The van der Waals surface area contributed by atoms with Gasteiger partial charge in [0.2, 0.25) is 0 Å². The second-order valence-corrected chi connectivity index (χ2v) is 4.95. The first-order valence-corrected chi connectivity index (χ1v) is 6.69. The van der Waals surface area contributed by atoms with Gasteiger partial charge in [-0.3, -0.25) is 0 Å². The molecule has 0 aliphatic rings. The van der Waals surface area contributed by atoms with Gasteiger partial charge in [0.15, 0.2) is 0 Å². The zero-order valence-corrected chi connectivity index (χ0v) is 11.9. The smallest absolute Gasteiger partial charge is 0.137 e. The van der Waals surface area contributed by atoms with E-state index in [9.17, 15) is 4.39 Å². The summed E-state index contributed by atoms with van der Waals surface area (Å²) in [6.45, 7) is 1.92. The van der Waals surface area contributed by atoms with Crippen LogP contribution in [0.1, 0.15) is 22.9 Å². The van der Waals surface area contributed by atoms with E-state index in [-0.39, 0.29) is 5.82 Å².